The molecule has 3 heterocycles. The number of allylic oxidation sites excluding steroid dienone is 1. The molecule has 0 aromatic heterocycles. The van der Waals surface area contributed by atoms with Crippen LogP contribution >= 0.6 is 0 Å². The number of fused-ring (bicyclic) bond motifs is 9. The van der Waals surface area contributed by atoms with Gasteiger partial charge in [0.1, 0.15) is 0 Å². The van der Waals surface area contributed by atoms with E-state index in [1.165, 1.54) is 127 Å². The third-order valence-corrected chi connectivity index (χ3v) is 20.8. The van der Waals surface area contributed by atoms with E-state index in [4.69, 9.17) is 0 Å². The van der Waals surface area contributed by atoms with Gasteiger partial charge in [-0.15, -0.1) is 0 Å². The molecule has 0 bridgehead atoms. The van der Waals surface area contributed by atoms with Crippen LogP contribution in [0.2, 0.25) is 0 Å². The van der Waals surface area contributed by atoms with Gasteiger partial charge in [0.05, 0.1) is 11.2 Å². The van der Waals surface area contributed by atoms with Crippen LogP contribution in [0.3, 0.4) is 0 Å². The zero-order valence-electron chi connectivity index (χ0n) is 51.1. The molecule has 3 nitrogen and oxygen atoms in total. The zero-order valence-corrected chi connectivity index (χ0v) is 51.1. The van der Waals surface area contributed by atoms with Crippen LogP contribution in [0.15, 0.2) is 115 Å². The number of nitrogens with zero attached hydrogens (tertiary/aromatic N) is 3. The molecule has 4 heteroatoms. The van der Waals surface area contributed by atoms with E-state index in [0.717, 1.165) is 6.42 Å². The van der Waals surface area contributed by atoms with Crippen molar-refractivity contribution < 1.29 is 0 Å². The standard InChI is InChI=1S/C73H90BN3/c1-65(2,3)45-23-29-49(30-24-45)75(50-31-25-46(26-32-50)66(4,5)6)52-41-59-62-60(42-52)77-63-57(72(19)35-21-22-36-73(72,77)20)39-48(68(10,11)12)40-58(63)74(62)61-53-43-55-56(70(15,16)38-37-69(55,13)14)44-54(53)71(17,18)64(61)76(59)51-33-27-47(28-34-51)67(7,8)9/h23-34,39-44H,21-22,35-38H2,1-20H3. The first kappa shape index (κ1) is 52.2. The molecule has 2 unspecified atom stereocenters. The average molecular weight is 1020 g/mol. The number of hydrogen-bond acceptors (Lipinski definition) is 3. The lowest BCUT2D eigenvalue weighted by Gasteiger charge is -2.53. The highest BCUT2D eigenvalue weighted by Crippen LogP contribution is 2.65. The van der Waals surface area contributed by atoms with Crippen LogP contribution < -0.4 is 25.6 Å². The minimum absolute atomic E-state index is 0.0200. The van der Waals surface area contributed by atoms with Crippen molar-refractivity contribution in [1.82, 2.24) is 0 Å². The summed E-state index contributed by atoms with van der Waals surface area (Å²) in [5.41, 5.74) is 27.7. The van der Waals surface area contributed by atoms with Crippen molar-refractivity contribution in [3.05, 3.63) is 165 Å². The summed E-state index contributed by atoms with van der Waals surface area (Å²) in [6.45, 7) is 48.8. The van der Waals surface area contributed by atoms with E-state index in [9.17, 15) is 0 Å². The Morgan fingerprint density at radius 3 is 1.45 bits per heavy atom. The smallest absolute Gasteiger partial charge is 0.252 e. The van der Waals surface area contributed by atoms with Gasteiger partial charge in [-0.1, -0.05) is 205 Å². The van der Waals surface area contributed by atoms with Gasteiger partial charge in [0.25, 0.3) is 6.71 Å². The summed E-state index contributed by atoms with van der Waals surface area (Å²) in [4.78, 5) is 8.33. The van der Waals surface area contributed by atoms with Crippen molar-refractivity contribution >= 4 is 62.9 Å². The molecule has 1 saturated carbocycles. The van der Waals surface area contributed by atoms with Gasteiger partial charge >= 0.3 is 0 Å². The van der Waals surface area contributed by atoms with Gasteiger partial charge in [-0.2, -0.15) is 0 Å². The fraction of sp³-hybridized carbons (Fsp3) is 0.479. The Bertz CT molecular complexity index is 3390. The molecule has 3 aliphatic carbocycles. The molecule has 77 heavy (non-hydrogen) atoms. The highest BCUT2D eigenvalue weighted by Gasteiger charge is 2.63. The van der Waals surface area contributed by atoms with Gasteiger partial charge in [0.2, 0.25) is 0 Å². The predicted molar refractivity (Wildman–Crippen MR) is 334 cm³/mol. The van der Waals surface area contributed by atoms with Crippen molar-refractivity contribution in [3.8, 4) is 0 Å². The lowest BCUT2D eigenvalue weighted by molar-refractivity contribution is 0.195. The van der Waals surface area contributed by atoms with Crippen molar-refractivity contribution in [1.29, 1.82) is 0 Å². The third-order valence-electron chi connectivity index (χ3n) is 20.8. The molecular weight excluding hydrogens is 930 g/mol. The van der Waals surface area contributed by atoms with Gasteiger partial charge < -0.3 is 14.7 Å². The van der Waals surface area contributed by atoms with Gasteiger partial charge in [0.15, 0.2) is 0 Å². The average Bonchev–Trinajstić information content (AvgIpc) is 3.55. The van der Waals surface area contributed by atoms with Crippen LogP contribution in [0.25, 0.3) is 5.47 Å². The second-order valence-electron chi connectivity index (χ2n) is 31.4. The Hall–Kier alpha value is -5.48. The number of benzene rings is 6. The van der Waals surface area contributed by atoms with Gasteiger partial charge in [-0.3, -0.25) is 0 Å². The SMILES string of the molecule is CC(C)(C)c1ccc(N2C3=C(B4c5cc(C(C)(C)C)cc6c5N(c5cc(N(c7ccc(C(C)(C)C)cc7)c7ccc(C(C)(C)C)cc7)cc2c54)C2(C)CCCCC62C)c2cc4c(cc2C3(C)C)C(C)(C)CCC4(C)C)cc1. The molecule has 1 fully saturated rings. The molecule has 3 aliphatic heterocycles. The van der Waals surface area contributed by atoms with Gasteiger partial charge in [-0.05, 0) is 180 Å². The van der Waals surface area contributed by atoms with Gasteiger partial charge in [-0.25, -0.2) is 0 Å². The van der Waals surface area contributed by atoms with Crippen LogP contribution in [-0.4, -0.2) is 12.3 Å². The molecular formula is C73H90BN3. The Kier molecular flexibility index (Phi) is 11.1. The third kappa shape index (κ3) is 7.54. The predicted octanol–water partition coefficient (Wildman–Crippen LogP) is 18.8. The molecule has 0 radical (unpaired) electrons. The van der Waals surface area contributed by atoms with Crippen LogP contribution in [0, 0.1) is 0 Å². The molecule has 12 rings (SSSR count). The van der Waals surface area contributed by atoms with Crippen LogP contribution in [0.1, 0.15) is 227 Å². The van der Waals surface area contributed by atoms with E-state index >= 15 is 0 Å². The van der Waals surface area contributed by atoms with E-state index in [-0.39, 0.29) is 55.6 Å². The highest BCUT2D eigenvalue weighted by atomic mass is 15.3. The van der Waals surface area contributed by atoms with E-state index < -0.39 is 0 Å². The second-order valence-corrected chi connectivity index (χ2v) is 31.4. The molecule has 0 spiro atoms. The second kappa shape index (κ2) is 16.3. The normalized spacial score (nSPS) is 22.5. The lowest BCUT2D eigenvalue weighted by atomic mass is 9.32. The summed E-state index contributed by atoms with van der Waals surface area (Å²) < 4.78 is 0. The van der Waals surface area contributed by atoms with Crippen molar-refractivity contribution in [2.45, 2.75) is 226 Å². The Morgan fingerprint density at radius 2 is 0.935 bits per heavy atom. The monoisotopic (exact) mass is 1020 g/mol. The van der Waals surface area contributed by atoms with Crippen molar-refractivity contribution in [2.24, 2.45) is 0 Å². The van der Waals surface area contributed by atoms with Crippen LogP contribution in [0.4, 0.5) is 39.8 Å². The summed E-state index contributed by atoms with van der Waals surface area (Å²) in [6, 6.07) is 44.9. The summed E-state index contributed by atoms with van der Waals surface area (Å²) >= 11 is 0. The van der Waals surface area contributed by atoms with E-state index in [0.29, 0.717) is 0 Å². The van der Waals surface area contributed by atoms with Crippen LogP contribution in [-0.2, 0) is 43.3 Å². The van der Waals surface area contributed by atoms with Crippen LogP contribution in [0.5, 0.6) is 0 Å². The minimum Gasteiger partial charge on any atom is -0.335 e. The first-order chi connectivity index (χ1) is 35.7. The topological polar surface area (TPSA) is 9.72 Å². The fourth-order valence-electron chi connectivity index (χ4n) is 15.6. The molecule has 6 aromatic carbocycles. The zero-order chi connectivity index (χ0) is 55.3. The molecule has 6 aliphatic rings. The molecule has 0 N–H and O–H groups in total. The van der Waals surface area contributed by atoms with E-state index in [2.05, 4.69) is 262 Å². The van der Waals surface area contributed by atoms with E-state index in [1.54, 1.807) is 16.7 Å². The maximum absolute atomic E-state index is 2.96. The number of anilines is 7. The Labute approximate surface area is 466 Å². The lowest BCUT2D eigenvalue weighted by Crippen LogP contribution is -2.61. The maximum Gasteiger partial charge on any atom is 0.252 e. The Morgan fingerprint density at radius 1 is 0.455 bits per heavy atom. The van der Waals surface area contributed by atoms with Crippen molar-refractivity contribution in [3.63, 3.8) is 0 Å². The minimum atomic E-state index is -0.326. The highest BCUT2D eigenvalue weighted by molar-refractivity contribution is 7.03. The molecule has 400 valence electrons. The first-order valence-electron chi connectivity index (χ1n) is 29.7. The number of rotatable bonds is 4. The Balaban J connectivity index is 1.24. The molecule has 0 saturated heterocycles. The number of hydrogen-bond donors (Lipinski definition) is 0. The summed E-state index contributed by atoms with van der Waals surface area (Å²) in [6.07, 6.45) is 7.21. The molecule has 2 atom stereocenters. The van der Waals surface area contributed by atoms with Crippen molar-refractivity contribution in [2.75, 3.05) is 14.7 Å². The summed E-state index contributed by atoms with van der Waals surface area (Å²) in [5.74, 6) is 0. The quantitative estimate of drug-likeness (QED) is 0.163. The summed E-state index contributed by atoms with van der Waals surface area (Å²) in [7, 11) is 0. The molecule has 0 amide bonds. The summed E-state index contributed by atoms with van der Waals surface area (Å²) in [5, 5.41) is 0. The fourth-order valence-corrected chi connectivity index (χ4v) is 15.6. The first-order valence-corrected chi connectivity index (χ1v) is 29.7. The van der Waals surface area contributed by atoms with E-state index in [1.807, 2.05) is 0 Å². The largest absolute Gasteiger partial charge is 0.335 e. The molecule has 6 aromatic rings. The van der Waals surface area contributed by atoms with Gasteiger partial charge in [0, 0.05) is 50.7 Å². The maximum atomic E-state index is 2.96.